The summed E-state index contributed by atoms with van der Waals surface area (Å²) in [5.41, 5.74) is 3.62. The first-order valence-electron chi connectivity index (χ1n) is 9.32. The third-order valence-electron chi connectivity index (χ3n) is 4.51. The zero-order valence-corrected chi connectivity index (χ0v) is 15.7. The van der Waals surface area contributed by atoms with E-state index in [-0.39, 0.29) is 17.6 Å². The van der Waals surface area contributed by atoms with Gasteiger partial charge < -0.3 is 10.1 Å². The molecule has 0 saturated heterocycles. The molecule has 0 spiro atoms. The van der Waals surface area contributed by atoms with Crippen LogP contribution in [-0.2, 0) is 0 Å². The maximum atomic E-state index is 14.4. The number of hydrogen-bond acceptors (Lipinski definition) is 3. The normalized spacial score (nSPS) is 12.4. The smallest absolute Gasteiger partial charge is 0.344 e. The number of nitrogens with one attached hydrogen (secondary N) is 1. The Labute approximate surface area is 163 Å². The fraction of sp³-hybridized carbons (Fsp3) is 0.217. The van der Waals surface area contributed by atoms with E-state index in [1.165, 1.54) is 12.3 Å². The van der Waals surface area contributed by atoms with Gasteiger partial charge in [0.2, 0.25) is 0 Å². The number of aromatic nitrogens is 2. The molecule has 0 fully saturated rings. The number of rotatable bonds is 7. The van der Waals surface area contributed by atoms with Gasteiger partial charge in [-0.3, -0.25) is 0 Å². The second-order valence-corrected chi connectivity index (χ2v) is 6.80. The van der Waals surface area contributed by atoms with E-state index in [2.05, 4.69) is 9.97 Å². The Morgan fingerprint density at radius 1 is 1.11 bits per heavy atom. The van der Waals surface area contributed by atoms with E-state index < -0.39 is 0 Å². The van der Waals surface area contributed by atoms with Crippen LogP contribution in [0.25, 0.3) is 28.3 Å². The first kappa shape index (κ1) is 19.7. The Morgan fingerprint density at radius 2 is 1.79 bits per heavy atom. The van der Waals surface area contributed by atoms with Crippen molar-refractivity contribution in [3.63, 3.8) is 0 Å². The Kier molecular flexibility index (Phi) is 6.50. The van der Waals surface area contributed by atoms with E-state index in [1.54, 1.807) is 25.3 Å². The van der Waals surface area contributed by atoms with E-state index in [4.69, 9.17) is 0 Å². The lowest BCUT2D eigenvalue weighted by Gasteiger charge is -2.06. The fourth-order valence-electron chi connectivity index (χ4n) is 2.94. The van der Waals surface area contributed by atoms with Crippen molar-refractivity contribution in [3.8, 4) is 22.3 Å². The number of nitrogens with zero attached hydrogens (tertiary/aromatic N) is 1. The number of unbranched alkanes of at least 4 members (excludes halogenated alkanes) is 1. The van der Waals surface area contributed by atoms with E-state index in [0.717, 1.165) is 41.5 Å². The van der Waals surface area contributed by atoms with Crippen molar-refractivity contribution in [2.24, 2.45) is 0 Å². The molecule has 4 nitrogen and oxygen atoms in total. The number of aliphatic hydroxyl groups is 1. The van der Waals surface area contributed by atoms with Gasteiger partial charge >= 0.3 is 5.69 Å². The van der Waals surface area contributed by atoms with Gasteiger partial charge in [-0.15, -0.1) is 0 Å². The largest absolute Gasteiger partial charge is 0.393 e. The lowest BCUT2D eigenvalue weighted by atomic mass is 10.00. The van der Waals surface area contributed by atoms with E-state index in [0.29, 0.717) is 5.56 Å². The number of aromatic amines is 1. The third-order valence-corrected chi connectivity index (χ3v) is 4.51. The van der Waals surface area contributed by atoms with Crippen LogP contribution in [0.15, 0.2) is 65.7 Å². The van der Waals surface area contributed by atoms with Crippen molar-refractivity contribution < 1.29 is 9.50 Å². The minimum Gasteiger partial charge on any atom is -0.393 e. The average Bonchev–Trinajstić information content (AvgIpc) is 2.69. The molecule has 0 aliphatic heterocycles. The quantitative estimate of drug-likeness (QED) is 0.580. The Balaban J connectivity index is 1.70. The molecule has 3 rings (SSSR count). The molecular formula is C23H23FN2O2. The van der Waals surface area contributed by atoms with Crippen LogP contribution in [0.2, 0.25) is 0 Å². The summed E-state index contributed by atoms with van der Waals surface area (Å²) < 4.78 is 14.4. The standard InChI is InChI=1S/C23H23FN2O2/c1-16(27)5-3-2-4-6-19-11-12-20(13-22(19)24)17-7-9-18(10-8-17)21-14-25-23(28)26-15-21/h4,6-16,27H,2-3,5H2,1H3,(H,25,26,28). The van der Waals surface area contributed by atoms with Crippen LogP contribution < -0.4 is 5.69 Å². The van der Waals surface area contributed by atoms with Gasteiger partial charge in [-0.1, -0.05) is 48.6 Å². The first-order chi connectivity index (χ1) is 13.5. The average molecular weight is 378 g/mol. The minimum absolute atomic E-state index is 0.266. The van der Waals surface area contributed by atoms with Crippen LogP contribution in [-0.4, -0.2) is 21.2 Å². The van der Waals surface area contributed by atoms with Crippen molar-refractivity contribution in [2.45, 2.75) is 32.3 Å². The van der Waals surface area contributed by atoms with Crippen LogP contribution in [0.4, 0.5) is 4.39 Å². The highest BCUT2D eigenvalue weighted by Crippen LogP contribution is 2.26. The molecule has 5 heteroatoms. The van der Waals surface area contributed by atoms with Crippen LogP contribution in [0.3, 0.4) is 0 Å². The highest BCUT2D eigenvalue weighted by molar-refractivity contribution is 5.70. The number of aliphatic hydroxyl groups excluding tert-OH is 1. The molecule has 0 saturated carbocycles. The Morgan fingerprint density at radius 3 is 2.39 bits per heavy atom. The number of halogens is 1. The van der Waals surface area contributed by atoms with Crippen molar-refractivity contribution in [2.75, 3.05) is 0 Å². The number of H-pyrrole nitrogens is 1. The molecule has 3 aromatic rings. The van der Waals surface area contributed by atoms with Crippen LogP contribution in [0.5, 0.6) is 0 Å². The van der Waals surface area contributed by atoms with Gasteiger partial charge in [0.1, 0.15) is 5.82 Å². The molecule has 2 aromatic carbocycles. The van der Waals surface area contributed by atoms with Crippen LogP contribution in [0, 0.1) is 5.82 Å². The molecule has 144 valence electrons. The van der Waals surface area contributed by atoms with Gasteiger partial charge in [-0.05, 0) is 48.9 Å². The summed E-state index contributed by atoms with van der Waals surface area (Å²) in [4.78, 5) is 17.3. The molecule has 1 unspecified atom stereocenters. The zero-order valence-electron chi connectivity index (χ0n) is 15.7. The van der Waals surface area contributed by atoms with Crippen LogP contribution in [0.1, 0.15) is 31.7 Å². The van der Waals surface area contributed by atoms with Crippen molar-refractivity contribution in [3.05, 3.63) is 82.8 Å². The van der Waals surface area contributed by atoms with Gasteiger partial charge in [0.25, 0.3) is 0 Å². The molecule has 28 heavy (non-hydrogen) atoms. The predicted molar refractivity (Wildman–Crippen MR) is 110 cm³/mol. The van der Waals surface area contributed by atoms with Crippen molar-refractivity contribution in [1.29, 1.82) is 0 Å². The minimum atomic E-state index is -0.382. The van der Waals surface area contributed by atoms with E-state index in [9.17, 15) is 14.3 Å². The van der Waals surface area contributed by atoms with Crippen molar-refractivity contribution >= 4 is 6.08 Å². The summed E-state index contributed by atoms with van der Waals surface area (Å²) in [6, 6.07) is 12.9. The lowest BCUT2D eigenvalue weighted by Crippen LogP contribution is -2.07. The maximum absolute atomic E-state index is 14.4. The van der Waals surface area contributed by atoms with Gasteiger partial charge in [0.05, 0.1) is 6.10 Å². The molecule has 0 aliphatic carbocycles. The van der Waals surface area contributed by atoms with Crippen LogP contribution >= 0.6 is 0 Å². The third kappa shape index (κ3) is 5.24. The Hall–Kier alpha value is -3.05. The molecule has 0 bridgehead atoms. The van der Waals surface area contributed by atoms with E-state index in [1.807, 2.05) is 36.4 Å². The highest BCUT2D eigenvalue weighted by Gasteiger charge is 2.05. The highest BCUT2D eigenvalue weighted by atomic mass is 19.1. The second kappa shape index (κ2) is 9.24. The molecule has 1 atom stereocenters. The van der Waals surface area contributed by atoms with Gasteiger partial charge in [-0.25, -0.2) is 14.2 Å². The molecular weight excluding hydrogens is 355 g/mol. The number of allylic oxidation sites excluding steroid dienone is 1. The zero-order chi connectivity index (χ0) is 19.9. The predicted octanol–water partition coefficient (Wildman–Crippen LogP) is 4.81. The van der Waals surface area contributed by atoms with Crippen molar-refractivity contribution in [1.82, 2.24) is 9.97 Å². The summed E-state index contributed by atoms with van der Waals surface area (Å²) in [5.74, 6) is -0.266. The molecule has 0 aliphatic rings. The second-order valence-electron chi connectivity index (χ2n) is 6.80. The molecule has 2 N–H and O–H groups in total. The maximum Gasteiger partial charge on any atom is 0.344 e. The molecule has 0 amide bonds. The number of hydrogen-bond donors (Lipinski definition) is 2. The Bertz CT molecular complexity index is 987. The SMILES string of the molecule is CC(O)CCCC=Cc1ccc(-c2ccc(-c3cnc(=O)[nH]c3)cc2)cc1F. The van der Waals surface area contributed by atoms with E-state index >= 15 is 0 Å². The monoisotopic (exact) mass is 378 g/mol. The number of benzene rings is 2. The first-order valence-corrected chi connectivity index (χ1v) is 9.32. The summed E-state index contributed by atoms with van der Waals surface area (Å²) in [6.07, 6.45) is 9.01. The summed E-state index contributed by atoms with van der Waals surface area (Å²) in [6.45, 7) is 1.77. The summed E-state index contributed by atoms with van der Waals surface area (Å²) >= 11 is 0. The molecule has 1 heterocycles. The molecule has 0 radical (unpaired) electrons. The topological polar surface area (TPSA) is 66.0 Å². The summed E-state index contributed by atoms with van der Waals surface area (Å²) in [5, 5.41) is 9.24. The molecule has 1 aromatic heterocycles. The van der Waals surface area contributed by atoms with Gasteiger partial charge in [-0.2, -0.15) is 0 Å². The summed E-state index contributed by atoms with van der Waals surface area (Å²) in [7, 11) is 0. The van der Waals surface area contributed by atoms with Gasteiger partial charge in [0.15, 0.2) is 0 Å². The lowest BCUT2D eigenvalue weighted by molar-refractivity contribution is 0.182. The van der Waals surface area contributed by atoms with Gasteiger partial charge in [0, 0.05) is 23.5 Å². The fourth-order valence-corrected chi connectivity index (χ4v) is 2.94.